The van der Waals surface area contributed by atoms with Gasteiger partial charge in [0, 0.05) is 225 Å². The number of hydrogen-bond acceptors (Lipinski definition) is 28. The van der Waals surface area contributed by atoms with Crippen LogP contribution in [0.4, 0.5) is 40.8 Å². The molecular weight excluding hydrogens is 1860 g/mol. The molecule has 24 rings (SSSR count). The van der Waals surface area contributed by atoms with Gasteiger partial charge in [0.05, 0.1) is 108 Å². The van der Waals surface area contributed by atoms with Gasteiger partial charge in [-0.05, 0) is 139 Å². The van der Waals surface area contributed by atoms with Crippen molar-refractivity contribution in [3.05, 3.63) is 169 Å². The number of nitrogens with one attached hydrogen (secondary N) is 8. The van der Waals surface area contributed by atoms with Crippen molar-refractivity contribution in [2.75, 3.05) is 117 Å². The van der Waals surface area contributed by atoms with E-state index in [9.17, 15) is 47.0 Å². The monoisotopic (exact) mass is 1970 g/mol. The summed E-state index contributed by atoms with van der Waals surface area (Å²) in [6.07, 6.45) is 29.0. The first-order chi connectivity index (χ1) is 69.7. The molecule has 8 fully saturated rings. The van der Waals surface area contributed by atoms with Crippen LogP contribution < -0.4 is 42.5 Å². The minimum absolute atomic E-state index is 0.0258. The summed E-state index contributed by atoms with van der Waals surface area (Å²) < 4.78 is 104. The molecule has 44 heteroatoms. The first kappa shape index (κ1) is 95.9. The van der Waals surface area contributed by atoms with Crippen LogP contribution in [0.5, 0.6) is 0 Å². The summed E-state index contributed by atoms with van der Waals surface area (Å²) in [7, 11) is 10.5. The van der Waals surface area contributed by atoms with Gasteiger partial charge in [-0.25, -0.2) is 57.4 Å². The highest BCUT2D eigenvalue weighted by molar-refractivity contribution is 6.05. The van der Waals surface area contributed by atoms with Gasteiger partial charge in [0.2, 0.25) is 0 Å². The predicted octanol–water partition coefficient (Wildman–Crippen LogP) is 12.1. The molecule has 4 saturated carbocycles. The van der Waals surface area contributed by atoms with Crippen molar-refractivity contribution in [3.63, 3.8) is 0 Å². The standard InChI is InChI=1S/2C25H27F2N7O3.2C25H29N7O3/c2*1-28-21-10-17(31-23-15(11-30-34(21)23)24(35)32-20-5-7-25(20,26)27)16-12-33(22-14(16)4-3-8-29-22)18-6-9-37-13-19(18)36-2;2*1-25(34)8-5-20(25)30-24(33)17-13-28-32-21(26-2)12-19(29-23(17)32)18-14-31(15-6-10-35-11-7-15)22-16(18)4-3-9-27-22/h2*3-4,8,10-12,18-20,28H,5-7,9,13H2,1-2H3,(H,32,35);2*3-4,9,12-15,20,26,34H,5-8,10-11H2,1-2H3,(H,30,33)/t18-,19+,20+;18-,19+,20-;20?,25-;20-,25-/m1100/s1. The first-order valence-electron chi connectivity index (χ1n) is 48.6. The number of hydrogen-bond donors (Lipinski definition) is 10. The molecule has 20 heterocycles. The van der Waals surface area contributed by atoms with Crippen molar-refractivity contribution in [1.29, 1.82) is 0 Å². The lowest BCUT2D eigenvalue weighted by atomic mass is 9.76. The van der Waals surface area contributed by atoms with Crippen LogP contribution in [-0.2, 0) is 28.4 Å². The molecule has 144 heavy (non-hydrogen) atoms. The van der Waals surface area contributed by atoms with Crippen LogP contribution in [0.1, 0.15) is 169 Å². The zero-order valence-corrected chi connectivity index (χ0v) is 80.6. The molecule has 4 amide bonds. The molecule has 4 aliphatic carbocycles. The van der Waals surface area contributed by atoms with Gasteiger partial charge in [-0.3, -0.25) is 19.2 Å². The number of rotatable bonds is 22. The lowest BCUT2D eigenvalue weighted by Crippen LogP contribution is -2.58. The molecule has 752 valence electrons. The average molecular weight is 1970 g/mol. The van der Waals surface area contributed by atoms with E-state index in [1.54, 1.807) is 63.6 Å². The van der Waals surface area contributed by atoms with Gasteiger partial charge in [0.1, 0.15) is 80.3 Å². The van der Waals surface area contributed by atoms with Crippen LogP contribution >= 0.6 is 0 Å². The summed E-state index contributed by atoms with van der Waals surface area (Å²) in [6, 6.07) is 21.0. The molecule has 10 N–H and O–H groups in total. The Labute approximate surface area is 821 Å². The van der Waals surface area contributed by atoms with Gasteiger partial charge < -0.3 is 99.4 Å². The van der Waals surface area contributed by atoms with Crippen molar-refractivity contribution in [3.8, 4) is 45.0 Å². The Morgan fingerprint density at radius 1 is 0.368 bits per heavy atom. The minimum atomic E-state index is -2.90. The summed E-state index contributed by atoms with van der Waals surface area (Å²) >= 11 is 0. The number of alkyl halides is 4. The van der Waals surface area contributed by atoms with Crippen LogP contribution in [0.2, 0.25) is 0 Å². The highest BCUT2D eigenvalue weighted by atomic mass is 19.3. The number of carbonyl (C=O) groups excluding carboxylic acids is 4. The Morgan fingerprint density at radius 2 is 0.639 bits per heavy atom. The fourth-order valence-electron chi connectivity index (χ4n) is 20.6. The summed E-state index contributed by atoms with van der Waals surface area (Å²) in [5, 5.41) is 65.2. The van der Waals surface area contributed by atoms with Crippen LogP contribution in [-0.4, -0.2) is 285 Å². The molecule has 40 nitrogen and oxygen atoms in total. The Balaban J connectivity index is 0.000000113. The van der Waals surface area contributed by atoms with Gasteiger partial charge in [-0.15, -0.1) is 0 Å². The molecule has 0 spiro atoms. The second-order valence-electron chi connectivity index (χ2n) is 38.2. The van der Waals surface area contributed by atoms with Crippen LogP contribution in [0.15, 0.2) is 147 Å². The quantitative estimate of drug-likeness (QED) is 0.0282. The highest BCUT2D eigenvalue weighted by Crippen LogP contribution is 2.45. The number of carbonyl (C=O) groups is 4. The molecule has 10 atom stereocenters. The molecule has 8 aliphatic rings. The topological polar surface area (TPSA) is 452 Å². The largest absolute Gasteiger partial charge is 0.388 e. The zero-order valence-electron chi connectivity index (χ0n) is 80.6. The summed E-state index contributed by atoms with van der Waals surface area (Å²) in [6.45, 7) is 8.67. The first-order valence-corrected chi connectivity index (χ1v) is 48.6. The van der Waals surface area contributed by atoms with E-state index >= 15 is 0 Å². The van der Waals surface area contributed by atoms with Crippen molar-refractivity contribution < 1.29 is 75.4 Å². The predicted molar refractivity (Wildman–Crippen MR) is 527 cm³/mol. The number of nitrogens with zero attached hydrogens (tertiary/aromatic N) is 20. The van der Waals surface area contributed by atoms with E-state index in [-0.39, 0.29) is 96.3 Å². The Bertz CT molecular complexity index is 7120. The molecule has 0 radical (unpaired) electrons. The van der Waals surface area contributed by atoms with Crippen LogP contribution in [0.25, 0.3) is 112 Å². The number of methoxy groups -OCH3 is 2. The third-order valence-electron chi connectivity index (χ3n) is 29.5. The number of amides is 4. The van der Waals surface area contributed by atoms with Crippen LogP contribution in [0, 0.1) is 0 Å². The van der Waals surface area contributed by atoms with E-state index in [1.807, 2.05) is 99.5 Å². The molecule has 16 aromatic heterocycles. The molecule has 4 aliphatic heterocycles. The van der Waals surface area contributed by atoms with E-state index in [0.29, 0.717) is 96.8 Å². The number of aromatic nitrogens is 20. The third kappa shape index (κ3) is 17.8. The second-order valence-corrected chi connectivity index (χ2v) is 38.2. The van der Waals surface area contributed by atoms with E-state index in [2.05, 4.69) is 126 Å². The third-order valence-corrected chi connectivity index (χ3v) is 29.5. The van der Waals surface area contributed by atoms with Gasteiger partial charge in [0.15, 0.2) is 22.6 Å². The molecule has 0 aromatic carbocycles. The van der Waals surface area contributed by atoms with Crippen molar-refractivity contribution in [1.82, 2.24) is 118 Å². The molecule has 4 saturated heterocycles. The number of ether oxygens (including phenoxy) is 6. The van der Waals surface area contributed by atoms with Gasteiger partial charge >= 0.3 is 0 Å². The smallest absolute Gasteiger partial charge is 0.267 e. The molecule has 1 unspecified atom stereocenters. The summed E-state index contributed by atoms with van der Waals surface area (Å²) in [4.78, 5) is 90.2. The van der Waals surface area contributed by atoms with E-state index in [1.165, 1.54) is 33.8 Å². The van der Waals surface area contributed by atoms with Crippen molar-refractivity contribution >= 4 is 114 Å². The lowest BCUT2D eigenvalue weighted by Gasteiger charge is -2.42. The zero-order chi connectivity index (χ0) is 99.8. The second kappa shape index (κ2) is 39.1. The number of anilines is 4. The SMILES string of the molecule is CNc1cc(-c2cn(C3CCOCC3)c3ncccc23)nc2c(C(=O)NC3CC[C@]3(C)O)cnn12.CNc1cc(-c2cn(C3CCOCC3)c3ncccc23)nc2c(C(=O)N[C@H]3CC[C@]3(C)O)cnn12.CNc1cc(-c2cn([C@@H]3CCOC[C@@H]3OC)c3ncccc23)nc2c(C(=O)N[C@@H]3CCC3(F)F)cnn12.CNc1cc(-c2cn([C@@H]3CCOC[C@@H]3OC)c3ncccc23)nc2c(C(=O)N[C@H]3CCC3(F)F)cnn12. The normalized spacial score (nSPS) is 23.0. The van der Waals surface area contributed by atoms with Crippen molar-refractivity contribution in [2.45, 2.75) is 187 Å². The van der Waals surface area contributed by atoms with Gasteiger partial charge in [-0.2, -0.15) is 38.5 Å². The van der Waals surface area contributed by atoms with Crippen LogP contribution in [0.3, 0.4) is 0 Å². The fourth-order valence-corrected chi connectivity index (χ4v) is 20.6. The van der Waals surface area contributed by atoms with Crippen molar-refractivity contribution in [2.24, 2.45) is 0 Å². The minimum Gasteiger partial charge on any atom is -0.388 e. The lowest BCUT2D eigenvalue weighted by molar-refractivity contribution is -0.102. The molecular formula is C100H112F4N28O12. The van der Waals surface area contributed by atoms with E-state index < -0.39 is 46.9 Å². The van der Waals surface area contributed by atoms with Gasteiger partial charge in [0.25, 0.3) is 35.5 Å². The van der Waals surface area contributed by atoms with Gasteiger partial charge in [-0.1, -0.05) is 0 Å². The Morgan fingerprint density at radius 3 is 0.889 bits per heavy atom. The number of fused-ring (bicyclic) bond motifs is 8. The Kier molecular flexibility index (Phi) is 26.0. The molecule has 0 bridgehead atoms. The van der Waals surface area contributed by atoms with E-state index in [4.69, 9.17) is 48.4 Å². The fraction of sp³-hybridized carbons (Fsp3) is 0.440. The highest BCUT2D eigenvalue weighted by Gasteiger charge is 2.51. The molecule has 16 aromatic rings. The number of pyridine rings is 4. The maximum Gasteiger partial charge on any atom is 0.267 e. The maximum atomic E-state index is 13.8. The number of halogens is 4. The average Bonchev–Trinajstić information content (AvgIpc) is 1.58. The summed E-state index contributed by atoms with van der Waals surface area (Å²) in [5.41, 5.74) is 10.3. The maximum absolute atomic E-state index is 13.8. The number of aliphatic hydroxyl groups is 2. The summed E-state index contributed by atoms with van der Waals surface area (Å²) in [5.74, 6) is -4.99. The van der Waals surface area contributed by atoms with E-state index in [0.717, 1.165) is 167 Å². The Hall–Kier alpha value is -14.3.